The van der Waals surface area contributed by atoms with E-state index < -0.39 is 0 Å². The number of carbonyl (C=O) groups excluding carboxylic acids is 1. The first-order valence-electron chi connectivity index (χ1n) is 9.56. The van der Waals surface area contributed by atoms with E-state index in [9.17, 15) is 4.79 Å². The molecular formula is C22H22O7. The van der Waals surface area contributed by atoms with Crippen molar-refractivity contribution in [2.45, 2.75) is 12.8 Å². The van der Waals surface area contributed by atoms with Crippen molar-refractivity contribution in [1.29, 1.82) is 0 Å². The van der Waals surface area contributed by atoms with Crippen LogP contribution in [0.4, 0.5) is 0 Å². The molecule has 152 valence electrons. The molecule has 1 saturated heterocycles. The minimum absolute atomic E-state index is 0.105. The Morgan fingerprint density at radius 2 is 1.62 bits per heavy atom. The summed E-state index contributed by atoms with van der Waals surface area (Å²) in [5.74, 6) is 2.81. The quantitative estimate of drug-likeness (QED) is 0.736. The summed E-state index contributed by atoms with van der Waals surface area (Å²) in [6.07, 6.45) is 1.25. The molecule has 1 fully saturated rings. The highest BCUT2D eigenvalue weighted by Gasteiger charge is 2.40. The number of carbonyl (C=O) groups is 1. The number of ether oxygens (including phenoxy) is 6. The van der Waals surface area contributed by atoms with Gasteiger partial charge in [0.1, 0.15) is 0 Å². The van der Waals surface area contributed by atoms with Crippen LogP contribution in [0.25, 0.3) is 11.1 Å². The maximum absolute atomic E-state index is 12.5. The lowest BCUT2D eigenvalue weighted by Gasteiger charge is -2.27. The Morgan fingerprint density at radius 1 is 0.862 bits per heavy atom. The van der Waals surface area contributed by atoms with E-state index in [1.54, 1.807) is 21.3 Å². The lowest BCUT2D eigenvalue weighted by atomic mass is 9.77. The van der Waals surface area contributed by atoms with E-state index in [0.29, 0.717) is 48.2 Å². The summed E-state index contributed by atoms with van der Waals surface area (Å²) >= 11 is 0. The first-order valence-corrected chi connectivity index (χ1v) is 9.56. The van der Waals surface area contributed by atoms with Crippen molar-refractivity contribution >= 4 is 5.97 Å². The molecule has 2 aromatic rings. The van der Waals surface area contributed by atoms with Gasteiger partial charge in [-0.15, -0.1) is 0 Å². The number of hydrogen-bond acceptors (Lipinski definition) is 7. The van der Waals surface area contributed by atoms with Gasteiger partial charge in [-0.25, -0.2) is 0 Å². The number of esters is 1. The highest BCUT2D eigenvalue weighted by atomic mass is 16.7. The molecule has 7 nitrogen and oxygen atoms in total. The molecule has 3 aliphatic rings. The van der Waals surface area contributed by atoms with Crippen LogP contribution in [0.15, 0.2) is 18.2 Å². The van der Waals surface area contributed by atoms with E-state index in [4.69, 9.17) is 28.4 Å². The van der Waals surface area contributed by atoms with Crippen molar-refractivity contribution in [2.24, 2.45) is 11.8 Å². The summed E-state index contributed by atoms with van der Waals surface area (Å²) in [6.45, 7) is 0.624. The average molecular weight is 398 g/mol. The van der Waals surface area contributed by atoms with Crippen molar-refractivity contribution in [3.8, 4) is 39.9 Å². The maximum Gasteiger partial charge on any atom is 0.309 e. The van der Waals surface area contributed by atoms with Crippen LogP contribution in [-0.4, -0.2) is 40.7 Å². The van der Waals surface area contributed by atoms with E-state index in [1.165, 1.54) is 0 Å². The third-order valence-electron chi connectivity index (χ3n) is 6.01. The molecule has 2 aliphatic heterocycles. The number of fused-ring (bicyclic) bond motifs is 5. The summed E-state index contributed by atoms with van der Waals surface area (Å²) < 4.78 is 33.6. The first kappa shape index (κ1) is 18.0. The Bertz CT molecular complexity index is 997. The van der Waals surface area contributed by atoms with Crippen LogP contribution in [0, 0.1) is 11.8 Å². The van der Waals surface area contributed by atoms with Crippen LogP contribution >= 0.6 is 0 Å². The molecule has 7 heteroatoms. The van der Waals surface area contributed by atoms with E-state index in [2.05, 4.69) is 0 Å². The molecule has 0 amide bonds. The molecule has 2 aromatic carbocycles. The van der Waals surface area contributed by atoms with Crippen molar-refractivity contribution in [1.82, 2.24) is 0 Å². The van der Waals surface area contributed by atoms with Gasteiger partial charge in [0.2, 0.25) is 12.5 Å². The number of rotatable bonds is 3. The normalized spacial score (nSPS) is 21.3. The van der Waals surface area contributed by atoms with Crippen molar-refractivity contribution in [3.05, 3.63) is 29.3 Å². The lowest BCUT2D eigenvalue weighted by Crippen LogP contribution is -2.23. The largest absolute Gasteiger partial charge is 0.493 e. The van der Waals surface area contributed by atoms with Gasteiger partial charge < -0.3 is 28.4 Å². The molecule has 29 heavy (non-hydrogen) atoms. The monoisotopic (exact) mass is 398 g/mol. The fourth-order valence-corrected chi connectivity index (χ4v) is 4.62. The lowest BCUT2D eigenvalue weighted by molar-refractivity contribution is -0.141. The third kappa shape index (κ3) is 2.68. The number of hydrogen-bond donors (Lipinski definition) is 0. The fourth-order valence-electron chi connectivity index (χ4n) is 4.62. The van der Waals surface area contributed by atoms with Gasteiger partial charge >= 0.3 is 5.97 Å². The summed E-state index contributed by atoms with van der Waals surface area (Å²) in [5, 5.41) is 0. The standard InChI is InChI=1S/C22H22O7/c1-24-18-7-12-5-15-13(9-27-22(15)23)4-11-6-16-17(29-10-28-16)8-14(11)19(12)21(26-3)20(18)25-2/h6-8,13,15H,4-5,9-10H2,1-3H3/t13?,15-/m1/s1. The smallest absolute Gasteiger partial charge is 0.309 e. The van der Waals surface area contributed by atoms with Crippen LogP contribution in [-0.2, 0) is 22.4 Å². The molecule has 0 bridgehead atoms. The van der Waals surface area contributed by atoms with Gasteiger partial charge in [-0.2, -0.15) is 0 Å². The van der Waals surface area contributed by atoms with Crippen LogP contribution in [0.3, 0.4) is 0 Å². The second-order valence-corrected chi connectivity index (χ2v) is 7.45. The van der Waals surface area contributed by atoms with Gasteiger partial charge in [-0.05, 0) is 47.7 Å². The first-order chi connectivity index (χ1) is 14.1. The van der Waals surface area contributed by atoms with Crippen LogP contribution in [0.1, 0.15) is 11.1 Å². The van der Waals surface area contributed by atoms with E-state index in [-0.39, 0.29) is 24.6 Å². The predicted molar refractivity (Wildman–Crippen MR) is 103 cm³/mol. The maximum atomic E-state index is 12.5. The van der Waals surface area contributed by atoms with Gasteiger partial charge in [0, 0.05) is 11.5 Å². The Labute approximate surface area is 168 Å². The molecule has 2 heterocycles. The fraction of sp³-hybridized carbons (Fsp3) is 0.409. The molecular weight excluding hydrogens is 376 g/mol. The van der Waals surface area contributed by atoms with Crippen molar-refractivity contribution in [3.63, 3.8) is 0 Å². The zero-order chi connectivity index (χ0) is 20.1. The summed E-state index contributed by atoms with van der Waals surface area (Å²) in [6, 6.07) is 5.92. The highest BCUT2D eigenvalue weighted by Crippen LogP contribution is 2.52. The minimum atomic E-state index is -0.213. The van der Waals surface area contributed by atoms with Crippen LogP contribution in [0.5, 0.6) is 28.7 Å². The second kappa shape index (κ2) is 6.76. The molecule has 0 saturated carbocycles. The molecule has 0 spiro atoms. The summed E-state index contributed by atoms with van der Waals surface area (Å²) in [5.41, 5.74) is 3.89. The molecule has 0 N–H and O–H groups in total. The zero-order valence-electron chi connectivity index (χ0n) is 16.6. The molecule has 1 aliphatic carbocycles. The van der Waals surface area contributed by atoms with Crippen molar-refractivity contribution < 1.29 is 33.2 Å². The molecule has 1 unspecified atom stereocenters. The SMILES string of the molecule is COc1cc2c(c(OC)c1OC)-c1cc3c(cc1CC1COC(=O)[C@@H]1C2)OCO3. The van der Waals surface area contributed by atoms with Crippen LogP contribution in [0.2, 0.25) is 0 Å². The zero-order valence-corrected chi connectivity index (χ0v) is 16.6. The van der Waals surface area contributed by atoms with Gasteiger partial charge in [-0.1, -0.05) is 0 Å². The average Bonchev–Trinajstić information content (AvgIpc) is 3.31. The van der Waals surface area contributed by atoms with Gasteiger partial charge in [0.15, 0.2) is 23.0 Å². The molecule has 0 radical (unpaired) electrons. The second-order valence-electron chi connectivity index (χ2n) is 7.45. The van der Waals surface area contributed by atoms with Crippen LogP contribution < -0.4 is 23.7 Å². The van der Waals surface area contributed by atoms with E-state index in [0.717, 1.165) is 22.3 Å². The third-order valence-corrected chi connectivity index (χ3v) is 6.01. The Morgan fingerprint density at radius 3 is 2.34 bits per heavy atom. The minimum Gasteiger partial charge on any atom is -0.493 e. The van der Waals surface area contributed by atoms with Gasteiger partial charge in [-0.3, -0.25) is 4.79 Å². The van der Waals surface area contributed by atoms with E-state index >= 15 is 0 Å². The highest BCUT2D eigenvalue weighted by molar-refractivity contribution is 5.85. The predicted octanol–water partition coefficient (Wildman–Crippen LogP) is 3.00. The Hall–Kier alpha value is -3.09. The topological polar surface area (TPSA) is 72.5 Å². The van der Waals surface area contributed by atoms with Gasteiger partial charge in [0.05, 0.1) is 33.9 Å². The molecule has 0 aromatic heterocycles. The summed E-state index contributed by atoms with van der Waals surface area (Å²) in [4.78, 5) is 12.5. The molecule has 2 atom stereocenters. The summed E-state index contributed by atoms with van der Waals surface area (Å²) in [7, 11) is 4.78. The van der Waals surface area contributed by atoms with Crippen molar-refractivity contribution in [2.75, 3.05) is 34.7 Å². The molecule has 5 rings (SSSR count). The Kier molecular flexibility index (Phi) is 4.19. The number of benzene rings is 2. The number of cyclic esters (lactones) is 1. The van der Waals surface area contributed by atoms with E-state index in [1.807, 2.05) is 18.2 Å². The number of methoxy groups -OCH3 is 3. The Balaban J connectivity index is 1.81. The van der Waals surface area contributed by atoms with Gasteiger partial charge in [0.25, 0.3) is 0 Å².